The van der Waals surface area contributed by atoms with Gasteiger partial charge in [-0.1, -0.05) is 15.9 Å². The van der Waals surface area contributed by atoms with Crippen molar-refractivity contribution < 1.29 is 22.7 Å². The Morgan fingerprint density at radius 1 is 1.39 bits per heavy atom. The van der Waals surface area contributed by atoms with Crippen LogP contribution in [0.1, 0.15) is 17.2 Å². The minimum atomic E-state index is -4.40. The Hall–Kier alpha value is -1.08. The predicted octanol–water partition coefficient (Wildman–Crippen LogP) is 2.66. The van der Waals surface area contributed by atoms with Crippen molar-refractivity contribution in [3.63, 3.8) is 0 Å². The van der Waals surface area contributed by atoms with Gasteiger partial charge >= 0.3 is 6.18 Å². The Morgan fingerprint density at radius 3 is 2.67 bits per heavy atom. The van der Waals surface area contributed by atoms with E-state index >= 15 is 0 Å². The number of ether oxygens (including phenoxy) is 1. The van der Waals surface area contributed by atoms with Gasteiger partial charge in [-0.2, -0.15) is 13.2 Å². The molecule has 0 aliphatic carbocycles. The lowest BCUT2D eigenvalue weighted by Crippen LogP contribution is -2.38. The quantitative estimate of drug-likeness (QED) is 0.862. The van der Waals surface area contributed by atoms with Crippen molar-refractivity contribution in [2.24, 2.45) is 0 Å². The van der Waals surface area contributed by atoms with Crippen LogP contribution in [-0.4, -0.2) is 19.1 Å². The molecule has 3 nitrogen and oxygen atoms in total. The molecule has 2 rings (SSSR count). The second kappa shape index (κ2) is 4.89. The summed E-state index contributed by atoms with van der Waals surface area (Å²) in [6.45, 7) is 0.0199. The Kier molecular flexibility index (Phi) is 3.63. The Morgan fingerprint density at radius 2 is 2.11 bits per heavy atom. The number of alkyl halides is 3. The topological polar surface area (TPSA) is 38.3 Å². The van der Waals surface area contributed by atoms with Crippen LogP contribution < -0.4 is 5.32 Å². The molecule has 1 aliphatic rings. The van der Waals surface area contributed by atoms with E-state index in [-0.39, 0.29) is 19.1 Å². The van der Waals surface area contributed by atoms with Crippen LogP contribution in [0.5, 0.6) is 0 Å². The Bertz CT molecular complexity index is 466. The number of nitrogens with one attached hydrogen (secondary N) is 1. The summed E-state index contributed by atoms with van der Waals surface area (Å²) >= 11 is 3.19. The number of benzene rings is 1. The van der Waals surface area contributed by atoms with Gasteiger partial charge < -0.3 is 10.1 Å². The molecule has 1 aliphatic heterocycles. The molecule has 1 heterocycles. The summed E-state index contributed by atoms with van der Waals surface area (Å²) in [4.78, 5) is 10.9. The van der Waals surface area contributed by atoms with Gasteiger partial charge in [0.1, 0.15) is 12.7 Å². The molecule has 1 aromatic rings. The molecule has 0 bridgehead atoms. The van der Waals surface area contributed by atoms with Crippen molar-refractivity contribution in [2.75, 3.05) is 13.2 Å². The van der Waals surface area contributed by atoms with Crippen LogP contribution in [0.2, 0.25) is 0 Å². The molecule has 0 aromatic heterocycles. The van der Waals surface area contributed by atoms with Crippen LogP contribution in [0.4, 0.5) is 13.2 Å². The molecule has 1 amide bonds. The average molecular weight is 324 g/mol. The van der Waals surface area contributed by atoms with E-state index < -0.39 is 17.8 Å². The smallest absolute Gasteiger partial charge is 0.362 e. The molecule has 1 aromatic carbocycles. The van der Waals surface area contributed by atoms with E-state index in [0.717, 1.165) is 12.1 Å². The fraction of sp³-hybridized carbons (Fsp3) is 0.364. The van der Waals surface area contributed by atoms with Gasteiger partial charge in [-0.05, 0) is 23.8 Å². The summed E-state index contributed by atoms with van der Waals surface area (Å²) in [6.07, 6.45) is -4.97. The minimum absolute atomic E-state index is 0.145. The van der Waals surface area contributed by atoms with Crippen molar-refractivity contribution in [1.82, 2.24) is 5.32 Å². The van der Waals surface area contributed by atoms with Crippen LogP contribution in [0.3, 0.4) is 0 Å². The highest BCUT2D eigenvalue weighted by Gasteiger charge is 2.32. The highest BCUT2D eigenvalue weighted by atomic mass is 79.9. The number of carbonyl (C=O) groups excluding carboxylic acids is 1. The van der Waals surface area contributed by atoms with Crippen LogP contribution in [0.15, 0.2) is 22.7 Å². The molecule has 1 unspecified atom stereocenters. The summed E-state index contributed by atoms with van der Waals surface area (Å²) < 4.78 is 43.5. The van der Waals surface area contributed by atoms with Gasteiger partial charge in [-0.25, -0.2) is 0 Å². The lowest BCUT2D eigenvalue weighted by atomic mass is 10.0. The van der Waals surface area contributed by atoms with Crippen molar-refractivity contribution in [1.29, 1.82) is 0 Å². The van der Waals surface area contributed by atoms with E-state index in [9.17, 15) is 18.0 Å². The van der Waals surface area contributed by atoms with Gasteiger partial charge in [0.15, 0.2) is 0 Å². The first kappa shape index (κ1) is 13.4. The second-order valence-electron chi connectivity index (χ2n) is 3.84. The van der Waals surface area contributed by atoms with Crippen LogP contribution >= 0.6 is 15.9 Å². The zero-order valence-corrected chi connectivity index (χ0v) is 10.6. The van der Waals surface area contributed by atoms with Gasteiger partial charge in [0.05, 0.1) is 5.56 Å². The van der Waals surface area contributed by atoms with Crippen LogP contribution in [-0.2, 0) is 15.7 Å². The number of hydrogen-bond donors (Lipinski definition) is 1. The largest absolute Gasteiger partial charge is 0.416 e. The van der Waals surface area contributed by atoms with Crippen molar-refractivity contribution in [3.8, 4) is 0 Å². The van der Waals surface area contributed by atoms with Gasteiger partial charge in [0.2, 0.25) is 5.91 Å². The molecule has 0 saturated carbocycles. The first-order valence-corrected chi connectivity index (χ1v) is 5.92. The Balaban J connectivity index is 2.29. The van der Waals surface area contributed by atoms with E-state index in [4.69, 9.17) is 4.74 Å². The number of hydrogen-bond acceptors (Lipinski definition) is 2. The van der Waals surface area contributed by atoms with Crippen molar-refractivity contribution in [3.05, 3.63) is 33.8 Å². The van der Waals surface area contributed by atoms with Gasteiger partial charge in [-0.3, -0.25) is 4.79 Å². The highest BCUT2D eigenvalue weighted by molar-refractivity contribution is 9.10. The van der Waals surface area contributed by atoms with Gasteiger partial charge in [-0.15, -0.1) is 0 Å². The summed E-state index contributed by atoms with van der Waals surface area (Å²) in [5.74, 6) is -0.269. The molecule has 1 atom stereocenters. The Labute approximate surface area is 109 Å². The molecule has 1 N–H and O–H groups in total. The predicted molar refractivity (Wildman–Crippen MR) is 60.8 cm³/mol. The standard InChI is InChI=1S/C11H9BrF3NO2/c12-8-2-1-6(11(13,14)15)3-7(8)9-4-16-10(17)5-18-9/h1-3,9H,4-5H2,(H,16,17). The third-order valence-corrected chi connectivity index (χ3v) is 3.29. The molecule has 1 fully saturated rings. The monoisotopic (exact) mass is 323 g/mol. The number of carbonyl (C=O) groups is 1. The number of amides is 1. The summed E-state index contributed by atoms with van der Waals surface area (Å²) in [5, 5.41) is 2.55. The maximum Gasteiger partial charge on any atom is 0.416 e. The molecular weight excluding hydrogens is 315 g/mol. The third-order valence-electron chi connectivity index (χ3n) is 2.57. The minimum Gasteiger partial charge on any atom is -0.362 e. The van der Waals surface area contributed by atoms with Gasteiger partial charge in [0.25, 0.3) is 0 Å². The zero-order valence-electron chi connectivity index (χ0n) is 9.05. The third kappa shape index (κ3) is 2.84. The van der Waals surface area contributed by atoms with E-state index in [2.05, 4.69) is 21.2 Å². The summed E-state index contributed by atoms with van der Waals surface area (Å²) in [6, 6.07) is 3.36. The average Bonchev–Trinajstić information content (AvgIpc) is 2.29. The molecule has 18 heavy (non-hydrogen) atoms. The molecule has 98 valence electrons. The number of halogens is 4. The second-order valence-corrected chi connectivity index (χ2v) is 4.69. The molecule has 1 saturated heterocycles. The molecule has 0 spiro atoms. The van der Waals surface area contributed by atoms with Crippen molar-refractivity contribution >= 4 is 21.8 Å². The highest BCUT2D eigenvalue weighted by Crippen LogP contribution is 2.35. The van der Waals surface area contributed by atoms with E-state index in [1.54, 1.807) is 0 Å². The molecule has 7 heteroatoms. The molecule has 0 radical (unpaired) electrons. The maximum atomic E-state index is 12.6. The fourth-order valence-electron chi connectivity index (χ4n) is 1.66. The zero-order chi connectivity index (χ0) is 13.3. The van der Waals surface area contributed by atoms with E-state index in [0.29, 0.717) is 10.0 Å². The lowest BCUT2D eigenvalue weighted by Gasteiger charge is -2.25. The van der Waals surface area contributed by atoms with Crippen LogP contribution in [0.25, 0.3) is 0 Å². The normalized spacial score (nSPS) is 20.7. The van der Waals surface area contributed by atoms with E-state index in [1.807, 2.05) is 0 Å². The summed E-state index contributed by atoms with van der Waals surface area (Å²) in [7, 11) is 0. The summed E-state index contributed by atoms with van der Waals surface area (Å²) in [5.41, 5.74) is -0.356. The lowest BCUT2D eigenvalue weighted by molar-refractivity contribution is -0.138. The first-order valence-electron chi connectivity index (χ1n) is 5.13. The number of morpholine rings is 1. The maximum absolute atomic E-state index is 12.6. The molecular formula is C11H9BrF3NO2. The van der Waals surface area contributed by atoms with Crippen LogP contribution in [0, 0.1) is 0 Å². The van der Waals surface area contributed by atoms with Crippen molar-refractivity contribution in [2.45, 2.75) is 12.3 Å². The number of rotatable bonds is 1. The first-order chi connectivity index (χ1) is 8.38. The van der Waals surface area contributed by atoms with E-state index in [1.165, 1.54) is 6.07 Å². The fourth-order valence-corrected chi connectivity index (χ4v) is 2.16. The van der Waals surface area contributed by atoms with Gasteiger partial charge in [0, 0.05) is 11.0 Å². The SMILES string of the molecule is O=C1COC(c2cc(C(F)(F)F)ccc2Br)CN1.